The molecule has 2 heterocycles. The number of nitrogens with one attached hydrogen (secondary N) is 1. The number of rotatable bonds is 4. The second-order valence-corrected chi connectivity index (χ2v) is 6.50. The van der Waals surface area contributed by atoms with Crippen molar-refractivity contribution in [2.24, 2.45) is 0 Å². The summed E-state index contributed by atoms with van der Waals surface area (Å²) >= 11 is 0. The van der Waals surface area contributed by atoms with E-state index in [-0.39, 0.29) is 0 Å². The fourth-order valence-electron chi connectivity index (χ4n) is 1.72. The lowest BCUT2D eigenvalue weighted by Crippen LogP contribution is -2.44. The third kappa shape index (κ3) is 4.31. The van der Waals surface area contributed by atoms with Gasteiger partial charge in [0.25, 0.3) is 0 Å². The molecule has 8 nitrogen and oxygen atoms in total. The lowest BCUT2D eigenvalue weighted by atomic mass is 10.1. The molecule has 0 unspecified atom stereocenters. The number of aromatic nitrogens is 4. The molecule has 0 spiro atoms. The van der Waals surface area contributed by atoms with Crippen LogP contribution >= 0.6 is 0 Å². The van der Waals surface area contributed by atoms with Gasteiger partial charge in [0.1, 0.15) is 17.7 Å². The average Bonchev–Trinajstić information content (AvgIpc) is 2.97. The summed E-state index contributed by atoms with van der Waals surface area (Å²) in [6, 6.07) is 0. The first kappa shape index (κ1) is 16.0. The van der Waals surface area contributed by atoms with E-state index in [0.29, 0.717) is 18.3 Å². The van der Waals surface area contributed by atoms with Crippen LogP contribution in [0.3, 0.4) is 0 Å². The number of carbonyl (C=O) groups is 1. The summed E-state index contributed by atoms with van der Waals surface area (Å²) in [5.74, 6) is 0.820. The molecule has 0 aliphatic heterocycles. The number of amides is 1. The van der Waals surface area contributed by atoms with E-state index < -0.39 is 17.2 Å². The highest BCUT2D eigenvalue weighted by Crippen LogP contribution is 2.18. The van der Waals surface area contributed by atoms with Gasteiger partial charge in [-0.05, 0) is 34.6 Å². The largest absolute Gasteiger partial charge is 0.444 e. The smallest absolute Gasteiger partial charge is 0.408 e. The highest BCUT2D eigenvalue weighted by Gasteiger charge is 2.30. The minimum absolute atomic E-state index is 0.383. The standard InChI is InChI=1S/C14H21N5O3/c1-13(2,3)21-12(20)17-14(4,5)11-16-10(22-18-11)8-19-7-6-15-9-19/h6-7,9H,8H2,1-5H3,(H,17,20). The summed E-state index contributed by atoms with van der Waals surface area (Å²) in [4.78, 5) is 20.1. The zero-order chi connectivity index (χ0) is 16.4. The Labute approximate surface area is 128 Å². The van der Waals surface area contributed by atoms with E-state index in [0.717, 1.165) is 0 Å². The molecule has 0 aliphatic carbocycles. The van der Waals surface area contributed by atoms with Crippen LogP contribution in [0, 0.1) is 0 Å². The van der Waals surface area contributed by atoms with Crippen molar-refractivity contribution < 1.29 is 14.1 Å². The lowest BCUT2D eigenvalue weighted by Gasteiger charge is -2.26. The number of ether oxygens (including phenoxy) is 1. The van der Waals surface area contributed by atoms with Gasteiger partial charge in [0.15, 0.2) is 5.82 Å². The topological polar surface area (TPSA) is 95.1 Å². The molecule has 2 rings (SSSR count). The van der Waals surface area contributed by atoms with Gasteiger partial charge in [0, 0.05) is 12.4 Å². The van der Waals surface area contributed by atoms with Crippen LogP contribution in [-0.2, 0) is 16.8 Å². The van der Waals surface area contributed by atoms with E-state index in [1.165, 1.54) is 0 Å². The van der Waals surface area contributed by atoms with Gasteiger partial charge in [-0.3, -0.25) is 0 Å². The van der Waals surface area contributed by atoms with Crippen molar-refractivity contribution in [3.63, 3.8) is 0 Å². The van der Waals surface area contributed by atoms with Crippen LogP contribution in [-0.4, -0.2) is 31.4 Å². The highest BCUT2D eigenvalue weighted by atomic mass is 16.6. The Bertz CT molecular complexity index is 625. The SMILES string of the molecule is CC(C)(C)OC(=O)NC(C)(C)c1noc(Cn2ccnc2)n1. The average molecular weight is 307 g/mol. The minimum Gasteiger partial charge on any atom is -0.444 e. The minimum atomic E-state index is -0.807. The Kier molecular flexibility index (Phi) is 4.20. The molecule has 0 aromatic carbocycles. The molecule has 22 heavy (non-hydrogen) atoms. The number of carbonyl (C=O) groups excluding carboxylic acids is 1. The Morgan fingerprint density at radius 2 is 2.09 bits per heavy atom. The van der Waals surface area contributed by atoms with Crippen LogP contribution in [0.2, 0.25) is 0 Å². The number of hydrogen-bond donors (Lipinski definition) is 1. The summed E-state index contributed by atoms with van der Waals surface area (Å²) in [6.07, 6.45) is 4.60. The van der Waals surface area contributed by atoms with E-state index in [1.807, 2.05) is 4.57 Å². The van der Waals surface area contributed by atoms with Gasteiger partial charge in [-0.25, -0.2) is 9.78 Å². The van der Waals surface area contributed by atoms with Crippen molar-refractivity contribution in [1.82, 2.24) is 25.0 Å². The number of nitrogens with zero attached hydrogens (tertiary/aromatic N) is 4. The third-order valence-corrected chi connectivity index (χ3v) is 2.72. The summed E-state index contributed by atoms with van der Waals surface area (Å²) in [5, 5.41) is 6.66. The summed E-state index contributed by atoms with van der Waals surface area (Å²) in [5.41, 5.74) is -1.37. The molecule has 0 saturated carbocycles. The van der Waals surface area contributed by atoms with Gasteiger partial charge in [-0.1, -0.05) is 5.16 Å². The fourth-order valence-corrected chi connectivity index (χ4v) is 1.72. The molecule has 0 atom stereocenters. The van der Waals surface area contributed by atoms with Crippen molar-refractivity contribution in [1.29, 1.82) is 0 Å². The van der Waals surface area contributed by atoms with Crippen LogP contribution in [0.4, 0.5) is 4.79 Å². The second kappa shape index (κ2) is 5.78. The zero-order valence-corrected chi connectivity index (χ0v) is 13.5. The third-order valence-electron chi connectivity index (χ3n) is 2.72. The molecule has 1 amide bonds. The van der Waals surface area contributed by atoms with Gasteiger partial charge in [0.2, 0.25) is 5.89 Å². The Morgan fingerprint density at radius 3 is 2.68 bits per heavy atom. The molecular weight excluding hydrogens is 286 g/mol. The first-order chi connectivity index (χ1) is 10.2. The molecule has 0 saturated heterocycles. The van der Waals surface area contributed by atoms with Gasteiger partial charge >= 0.3 is 6.09 Å². The van der Waals surface area contributed by atoms with E-state index in [9.17, 15) is 4.79 Å². The van der Waals surface area contributed by atoms with Crippen molar-refractivity contribution >= 4 is 6.09 Å². The maximum atomic E-state index is 11.9. The van der Waals surface area contributed by atoms with E-state index >= 15 is 0 Å². The van der Waals surface area contributed by atoms with E-state index in [2.05, 4.69) is 20.4 Å². The maximum Gasteiger partial charge on any atom is 0.408 e. The van der Waals surface area contributed by atoms with Crippen LogP contribution in [0.25, 0.3) is 0 Å². The zero-order valence-electron chi connectivity index (χ0n) is 13.5. The molecule has 2 aromatic heterocycles. The van der Waals surface area contributed by atoms with E-state index in [1.54, 1.807) is 53.3 Å². The van der Waals surface area contributed by atoms with Crippen LogP contribution < -0.4 is 5.32 Å². The number of imidazole rings is 1. The molecule has 120 valence electrons. The molecule has 1 N–H and O–H groups in total. The first-order valence-corrected chi connectivity index (χ1v) is 6.96. The quantitative estimate of drug-likeness (QED) is 0.929. The predicted octanol–water partition coefficient (Wildman–Crippen LogP) is 2.07. The van der Waals surface area contributed by atoms with Gasteiger partial charge < -0.3 is 19.1 Å². The fraction of sp³-hybridized carbons (Fsp3) is 0.571. The normalized spacial score (nSPS) is 12.2. The summed E-state index contributed by atoms with van der Waals surface area (Å²) < 4.78 is 12.3. The lowest BCUT2D eigenvalue weighted by molar-refractivity contribution is 0.0465. The number of hydrogen-bond acceptors (Lipinski definition) is 6. The molecule has 0 fully saturated rings. The molecule has 0 radical (unpaired) electrons. The Morgan fingerprint density at radius 1 is 1.36 bits per heavy atom. The van der Waals surface area contributed by atoms with Crippen molar-refractivity contribution in [2.75, 3.05) is 0 Å². The molecule has 8 heteroatoms. The first-order valence-electron chi connectivity index (χ1n) is 6.96. The Hall–Kier alpha value is -2.38. The van der Waals surface area contributed by atoms with Crippen LogP contribution in [0.5, 0.6) is 0 Å². The Balaban J connectivity index is 2.03. The van der Waals surface area contributed by atoms with Gasteiger partial charge in [-0.15, -0.1) is 0 Å². The van der Waals surface area contributed by atoms with E-state index in [4.69, 9.17) is 9.26 Å². The molecule has 0 aliphatic rings. The predicted molar refractivity (Wildman–Crippen MR) is 78.0 cm³/mol. The van der Waals surface area contributed by atoms with Crippen LogP contribution in [0.15, 0.2) is 23.2 Å². The second-order valence-electron chi connectivity index (χ2n) is 6.50. The van der Waals surface area contributed by atoms with Crippen molar-refractivity contribution in [3.05, 3.63) is 30.4 Å². The van der Waals surface area contributed by atoms with Gasteiger partial charge in [-0.2, -0.15) is 4.98 Å². The van der Waals surface area contributed by atoms with Gasteiger partial charge in [0.05, 0.1) is 6.33 Å². The summed E-state index contributed by atoms with van der Waals surface area (Å²) in [7, 11) is 0. The molecule has 0 bridgehead atoms. The van der Waals surface area contributed by atoms with Crippen molar-refractivity contribution in [2.45, 2.75) is 52.3 Å². The highest BCUT2D eigenvalue weighted by molar-refractivity contribution is 5.68. The number of alkyl carbamates (subject to hydrolysis) is 1. The summed E-state index contributed by atoms with van der Waals surface area (Å²) in [6.45, 7) is 9.40. The molecular formula is C14H21N5O3. The molecule has 2 aromatic rings. The monoisotopic (exact) mass is 307 g/mol. The van der Waals surface area contributed by atoms with Crippen molar-refractivity contribution in [3.8, 4) is 0 Å². The maximum absolute atomic E-state index is 11.9. The van der Waals surface area contributed by atoms with Crippen LogP contribution in [0.1, 0.15) is 46.3 Å².